The largest absolute Gasteiger partial charge is 0.496 e. The number of hydrogen-bond acceptors (Lipinski definition) is 22. The lowest BCUT2D eigenvalue weighted by Gasteiger charge is -2.41. The number of rotatable bonds is 26. The number of nitrogens with one attached hydrogen (secondary N) is 1. The number of nitrogens with zero attached hydrogens (tertiary/aromatic N) is 9. The summed E-state index contributed by atoms with van der Waals surface area (Å²) >= 11 is 13.2. The van der Waals surface area contributed by atoms with Crippen LogP contribution in [0, 0.1) is 0 Å². The Balaban J connectivity index is 0.962. The summed E-state index contributed by atoms with van der Waals surface area (Å²) in [5, 5.41) is 8.73. The van der Waals surface area contributed by atoms with E-state index < -0.39 is 51.8 Å². The fraction of sp³-hybridized carbons (Fsp3) is 0.628. The minimum Gasteiger partial charge on any atom is -0.496 e. The van der Waals surface area contributed by atoms with Crippen LogP contribution in [0.1, 0.15) is 145 Å². The molecule has 1 aromatic heterocycles. The lowest BCUT2D eigenvalue weighted by Crippen LogP contribution is -2.55. The van der Waals surface area contributed by atoms with Crippen molar-refractivity contribution in [3.8, 4) is 39.6 Å². The molecule has 4 amide bonds. The number of anilines is 1. The summed E-state index contributed by atoms with van der Waals surface area (Å²) in [5.41, 5.74) is 0.906. The molecule has 3 saturated heterocycles. The zero-order chi connectivity index (χ0) is 78.2. The van der Waals surface area contributed by atoms with Gasteiger partial charge in [0.15, 0.2) is 5.69 Å². The Hall–Kier alpha value is -7.47. The number of hydrogen-bond donors (Lipinski definition) is 1. The highest BCUT2D eigenvalue weighted by Crippen LogP contribution is 2.47. The molecular formula is C78H112Cl2N10O17. The third-order valence-electron chi connectivity index (χ3n) is 18.0. The van der Waals surface area contributed by atoms with Crippen molar-refractivity contribution >= 4 is 76.4 Å². The molecule has 0 spiro atoms. The van der Waals surface area contributed by atoms with Gasteiger partial charge < -0.3 is 62.6 Å². The van der Waals surface area contributed by atoms with Crippen molar-refractivity contribution in [2.24, 2.45) is 0 Å². The van der Waals surface area contributed by atoms with Crippen molar-refractivity contribution in [3.63, 3.8) is 0 Å². The molecule has 0 radical (unpaired) electrons. The molecule has 3 aromatic carbocycles. The first-order valence-electron chi connectivity index (χ1n) is 37.0. The van der Waals surface area contributed by atoms with Crippen molar-refractivity contribution in [1.29, 1.82) is 0 Å². The number of piperidine rings is 1. The maximum absolute atomic E-state index is 14.6. The van der Waals surface area contributed by atoms with Gasteiger partial charge in [-0.25, -0.2) is 4.68 Å². The number of amides is 4. The maximum Gasteiger partial charge on any atom is 0.320 e. The minimum atomic E-state index is -0.723. The molecule has 5 heterocycles. The lowest BCUT2D eigenvalue weighted by molar-refractivity contribution is -0.158. The maximum atomic E-state index is 14.6. The third-order valence-corrected chi connectivity index (χ3v) is 18.5. The number of benzene rings is 3. The molecule has 590 valence electrons. The highest BCUT2D eigenvalue weighted by Gasteiger charge is 2.40. The number of morpholine rings is 1. The molecule has 8 rings (SSSR count). The first kappa shape index (κ1) is 85.1. The number of carbonyl (C=O) groups is 8. The van der Waals surface area contributed by atoms with Gasteiger partial charge in [-0.05, 0) is 152 Å². The second-order valence-corrected chi connectivity index (χ2v) is 33.0. The summed E-state index contributed by atoms with van der Waals surface area (Å²) in [6, 6.07) is 15.7. The van der Waals surface area contributed by atoms with Gasteiger partial charge in [0, 0.05) is 136 Å². The number of ether oxygens (including phenoxy) is 9. The van der Waals surface area contributed by atoms with E-state index in [1.165, 1.54) is 0 Å². The standard InChI is InChI=1S/C78H112Cl2N10O17/c1-74(2,3)104-67(94)23-36-100-39-40-101-37-34-88(57-21-24-87(25-22-57)66(93)47-83-26-28-84(48-68(95)105-75(4,5)6)30-32-86(50-70(97)107-77(10,11)12)33-31-85(29-27-83)49-69(96)106-76(7,8)9)65(92)20-19-64(91)81-56-18-16-17-53(41-56)59-45-60-63(46-62(59)99-15)103-51-61-71(73(98)89-35-38-102-52-78(89,13)14)82-90(72(60)61)58-43-54(79)42-55(80)44-58/h16-18,41-46,57H,19-40,47-52H2,1-15H3,(H,81,91). The van der Waals surface area contributed by atoms with E-state index in [4.69, 9.17) is 70.9 Å². The van der Waals surface area contributed by atoms with Crippen molar-refractivity contribution < 1.29 is 81.0 Å². The first-order valence-corrected chi connectivity index (χ1v) is 37.8. The Morgan fingerprint density at radius 3 is 1.64 bits per heavy atom. The molecule has 0 bridgehead atoms. The van der Waals surface area contributed by atoms with Gasteiger partial charge in [0.25, 0.3) is 5.91 Å². The number of methoxy groups -OCH3 is 1. The summed E-state index contributed by atoms with van der Waals surface area (Å²) in [4.78, 5) is 124. The van der Waals surface area contributed by atoms with Crippen molar-refractivity contribution in [1.82, 2.24) is 44.1 Å². The highest BCUT2D eigenvalue weighted by atomic mass is 35.5. The highest BCUT2D eigenvalue weighted by molar-refractivity contribution is 6.35. The number of halogens is 2. The molecule has 4 aliphatic heterocycles. The molecule has 29 heteroatoms. The summed E-state index contributed by atoms with van der Waals surface area (Å²) in [5.74, 6) is -1.70. The monoisotopic (exact) mass is 1530 g/mol. The Kier molecular flexibility index (Phi) is 30.1. The van der Waals surface area contributed by atoms with E-state index >= 15 is 0 Å². The van der Waals surface area contributed by atoms with Crippen molar-refractivity contribution in [2.75, 3.05) is 157 Å². The van der Waals surface area contributed by atoms with Crippen LogP contribution in [0.2, 0.25) is 10.0 Å². The molecule has 107 heavy (non-hydrogen) atoms. The van der Waals surface area contributed by atoms with Gasteiger partial charge in [-0.15, -0.1) is 0 Å². The summed E-state index contributed by atoms with van der Waals surface area (Å²) in [6.07, 6.45) is 0.680. The summed E-state index contributed by atoms with van der Waals surface area (Å²) in [7, 11) is 1.55. The number of likely N-dealkylation sites (tertiary alicyclic amines) is 1. The van der Waals surface area contributed by atoms with E-state index in [2.05, 4.69) is 5.32 Å². The van der Waals surface area contributed by atoms with Crippen LogP contribution in [0.3, 0.4) is 0 Å². The topological polar surface area (TPSA) is 272 Å². The second-order valence-electron chi connectivity index (χ2n) is 32.1. The number of fused-ring (bicyclic) bond motifs is 3. The Morgan fingerprint density at radius 1 is 0.598 bits per heavy atom. The predicted octanol–water partition coefficient (Wildman–Crippen LogP) is 9.22. The molecular weight excluding hydrogens is 1420 g/mol. The average molecular weight is 1530 g/mol. The molecule has 27 nitrogen and oxygen atoms in total. The van der Waals surface area contributed by atoms with Gasteiger partial charge in [0.1, 0.15) is 40.5 Å². The third kappa shape index (κ3) is 26.7. The first-order chi connectivity index (χ1) is 50.3. The zero-order valence-electron chi connectivity index (χ0n) is 65.3. The Morgan fingerprint density at radius 2 is 1.12 bits per heavy atom. The van der Waals surface area contributed by atoms with E-state index in [1.54, 1.807) is 83.7 Å². The van der Waals surface area contributed by atoms with E-state index in [1.807, 2.05) is 114 Å². The van der Waals surface area contributed by atoms with Crippen molar-refractivity contribution in [2.45, 2.75) is 170 Å². The molecule has 1 N–H and O–H groups in total. The van der Waals surface area contributed by atoms with Crippen LogP contribution < -0.4 is 14.8 Å². The fourth-order valence-electron chi connectivity index (χ4n) is 13.2. The Bertz CT molecular complexity index is 3690. The Labute approximate surface area is 640 Å². The number of carbonyl (C=O) groups excluding carboxylic acids is 8. The molecule has 4 aromatic rings. The fourth-order valence-corrected chi connectivity index (χ4v) is 13.7. The predicted molar refractivity (Wildman–Crippen MR) is 406 cm³/mol. The minimum absolute atomic E-state index is 0.00337. The van der Waals surface area contributed by atoms with Crippen molar-refractivity contribution in [3.05, 3.63) is 75.9 Å². The molecule has 0 atom stereocenters. The molecule has 0 saturated carbocycles. The van der Waals surface area contributed by atoms with Crippen LogP contribution in [0.25, 0.3) is 28.1 Å². The van der Waals surface area contributed by atoms with Crippen LogP contribution in [-0.4, -0.2) is 277 Å². The van der Waals surface area contributed by atoms with Gasteiger partial charge in [-0.1, -0.05) is 35.3 Å². The quantitative estimate of drug-likeness (QED) is 0.0348. The summed E-state index contributed by atoms with van der Waals surface area (Å²) < 4.78 is 54.1. The van der Waals surface area contributed by atoms with Crippen LogP contribution in [-0.2, 0) is 73.3 Å². The molecule has 0 aliphatic carbocycles. The van der Waals surface area contributed by atoms with E-state index in [0.717, 1.165) is 0 Å². The second kappa shape index (κ2) is 37.8. The van der Waals surface area contributed by atoms with E-state index in [0.29, 0.717) is 159 Å². The lowest BCUT2D eigenvalue weighted by atomic mass is 9.95. The summed E-state index contributed by atoms with van der Waals surface area (Å²) in [6.45, 7) is 31.4. The van der Waals surface area contributed by atoms with Crippen LogP contribution >= 0.6 is 23.2 Å². The van der Waals surface area contributed by atoms with Crippen LogP contribution in [0.5, 0.6) is 11.5 Å². The SMILES string of the molecule is COc1cc2c(cc1-c1cccc(NC(=O)CCC(=O)N(CCOCCOCCC(=O)OC(C)(C)C)C3CCN(C(=O)CN4CCN(CC(=O)OC(C)(C)C)CCN(CC(=O)OC(C)(C)C)CCN(CC(=O)OC(C)(C)C)CC4)CC3)c1)-c1c(c(C(=O)N3CCOCC3(C)C)nn1-c1cc(Cl)cc(Cl)c1)CO2. The normalized spacial score (nSPS) is 16.9. The molecule has 0 unspecified atom stereocenters. The van der Waals surface area contributed by atoms with Gasteiger partial charge in [0.2, 0.25) is 17.7 Å². The molecule has 4 aliphatic rings. The van der Waals surface area contributed by atoms with Gasteiger partial charge >= 0.3 is 23.9 Å². The van der Waals surface area contributed by atoms with E-state index in [-0.39, 0.29) is 120 Å². The molecule has 3 fully saturated rings. The van der Waals surface area contributed by atoms with Crippen LogP contribution in [0.15, 0.2) is 54.6 Å². The smallest absolute Gasteiger partial charge is 0.320 e. The van der Waals surface area contributed by atoms with E-state index in [9.17, 15) is 38.4 Å². The average Bonchev–Trinajstić information content (AvgIpc) is 1.59. The van der Waals surface area contributed by atoms with Gasteiger partial charge in [0.05, 0.1) is 96.3 Å². The zero-order valence-corrected chi connectivity index (χ0v) is 66.8. The number of esters is 4. The van der Waals surface area contributed by atoms with Gasteiger partial charge in [-0.2, -0.15) is 5.10 Å². The van der Waals surface area contributed by atoms with Gasteiger partial charge in [-0.3, -0.25) is 58.0 Å². The number of aromatic nitrogens is 2. The van der Waals surface area contributed by atoms with Crippen LogP contribution in [0.4, 0.5) is 5.69 Å².